The van der Waals surface area contributed by atoms with Crippen LogP contribution in [0.1, 0.15) is 25.7 Å². The van der Waals surface area contributed by atoms with Gasteiger partial charge in [0.15, 0.2) is 0 Å². The van der Waals surface area contributed by atoms with Crippen molar-refractivity contribution in [3.63, 3.8) is 0 Å². The van der Waals surface area contributed by atoms with E-state index in [1.165, 1.54) is 0 Å². The lowest BCUT2D eigenvalue weighted by Crippen LogP contribution is -2.39. The lowest BCUT2D eigenvalue weighted by molar-refractivity contribution is 0.0559. The van der Waals surface area contributed by atoms with E-state index >= 15 is 0 Å². The van der Waals surface area contributed by atoms with Gasteiger partial charge in [0.2, 0.25) is 0 Å². The second-order valence-corrected chi connectivity index (χ2v) is 4.94. The van der Waals surface area contributed by atoms with Crippen molar-refractivity contribution in [3.8, 4) is 0 Å². The van der Waals surface area contributed by atoms with Crippen molar-refractivity contribution in [1.29, 1.82) is 0 Å². The Labute approximate surface area is 103 Å². The van der Waals surface area contributed by atoms with Crippen LogP contribution in [0.3, 0.4) is 0 Å². The number of nitrogens with one attached hydrogen (secondary N) is 1. The molecule has 17 heavy (non-hydrogen) atoms. The second kappa shape index (κ2) is 4.92. The van der Waals surface area contributed by atoms with Gasteiger partial charge in [0.25, 0.3) is 0 Å². The average molecular weight is 235 g/mol. The maximum absolute atomic E-state index is 10.4. The molecule has 4 nitrogen and oxygen atoms in total. The fourth-order valence-electron chi connectivity index (χ4n) is 2.52. The van der Waals surface area contributed by atoms with E-state index in [9.17, 15) is 5.11 Å². The van der Waals surface area contributed by atoms with Gasteiger partial charge < -0.3 is 15.3 Å². The number of hydrogen-bond acceptors (Lipinski definition) is 4. The van der Waals surface area contributed by atoms with Crippen molar-refractivity contribution in [2.24, 2.45) is 0 Å². The fraction of sp³-hybridized carbons (Fsp3) is 0.615. The van der Waals surface area contributed by atoms with Gasteiger partial charge in [0.05, 0.1) is 5.60 Å². The zero-order chi connectivity index (χ0) is 12.3. The molecule has 0 saturated heterocycles. The van der Waals surface area contributed by atoms with Crippen molar-refractivity contribution in [2.75, 3.05) is 30.9 Å². The number of aliphatic hydroxyl groups is 1. The number of aromatic nitrogens is 1. The molecule has 0 spiro atoms. The summed E-state index contributed by atoms with van der Waals surface area (Å²) in [6.45, 7) is 0.695. The Morgan fingerprint density at radius 3 is 2.82 bits per heavy atom. The molecule has 0 aromatic carbocycles. The van der Waals surface area contributed by atoms with Crippen LogP contribution >= 0.6 is 0 Å². The monoisotopic (exact) mass is 235 g/mol. The van der Waals surface area contributed by atoms with Crippen LogP contribution < -0.4 is 10.2 Å². The van der Waals surface area contributed by atoms with E-state index in [1.807, 2.05) is 26.2 Å². The standard InChI is InChI=1S/C13H21N3O/c1-14-12-9-11(5-8-15-12)16(2)10-13(17)6-3-4-7-13/h5,8-9,17H,3-4,6-7,10H2,1-2H3,(H,14,15). The van der Waals surface area contributed by atoms with E-state index in [2.05, 4.69) is 15.2 Å². The van der Waals surface area contributed by atoms with Gasteiger partial charge in [-0.25, -0.2) is 4.98 Å². The van der Waals surface area contributed by atoms with Gasteiger partial charge in [0.1, 0.15) is 5.82 Å². The summed E-state index contributed by atoms with van der Waals surface area (Å²) in [6.07, 6.45) is 5.91. The number of hydrogen-bond donors (Lipinski definition) is 2. The van der Waals surface area contributed by atoms with Crippen LogP contribution in [0.25, 0.3) is 0 Å². The first-order valence-electron chi connectivity index (χ1n) is 6.20. The largest absolute Gasteiger partial charge is 0.388 e. The summed E-state index contributed by atoms with van der Waals surface area (Å²) in [7, 11) is 3.88. The number of anilines is 2. The molecule has 2 N–H and O–H groups in total. The summed E-state index contributed by atoms with van der Waals surface area (Å²) in [5.74, 6) is 0.854. The molecule has 1 fully saturated rings. The summed E-state index contributed by atoms with van der Waals surface area (Å²) in [6, 6.07) is 3.97. The fourth-order valence-corrected chi connectivity index (χ4v) is 2.52. The Morgan fingerprint density at radius 2 is 2.18 bits per heavy atom. The van der Waals surface area contributed by atoms with Gasteiger partial charge in [-0.05, 0) is 18.9 Å². The first-order chi connectivity index (χ1) is 8.13. The lowest BCUT2D eigenvalue weighted by atomic mass is 10.0. The average Bonchev–Trinajstić information content (AvgIpc) is 2.76. The smallest absolute Gasteiger partial charge is 0.127 e. The third-order valence-corrected chi connectivity index (χ3v) is 3.51. The third kappa shape index (κ3) is 2.88. The van der Waals surface area contributed by atoms with Crippen LogP contribution in [-0.4, -0.2) is 36.3 Å². The van der Waals surface area contributed by atoms with Crippen LogP contribution in [0, 0.1) is 0 Å². The minimum atomic E-state index is -0.502. The van der Waals surface area contributed by atoms with Crippen LogP contribution in [0.4, 0.5) is 11.5 Å². The SMILES string of the molecule is CNc1cc(N(C)CC2(O)CCCC2)ccn1. The van der Waals surface area contributed by atoms with Crippen LogP contribution in [0.2, 0.25) is 0 Å². The molecule has 1 aliphatic carbocycles. The molecule has 94 valence electrons. The highest BCUT2D eigenvalue weighted by Crippen LogP contribution is 2.31. The van der Waals surface area contributed by atoms with E-state index < -0.39 is 5.60 Å². The minimum Gasteiger partial charge on any atom is -0.388 e. The third-order valence-electron chi connectivity index (χ3n) is 3.51. The number of pyridine rings is 1. The van der Waals surface area contributed by atoms with E-state index in [1.54, 1.807) is 6.20 Å². The van der Waals surface area contributed by atoms with Crippen molar-refractivity contribution in [3.05, 3.63) is 18.3 Å². The summed E-state index contributed by atoms with van der Waals surface area (Å²) < 4.78 is 0. The maximum atomic E-state index is 10.4. The molecular weight excluding hydrogens is 214 g/mol. The molecular formula is C13H21N3O. The van der Waals surface area contributed by atoms with Crippen molar-refractivity contribution in [2.45, 2.75) is 31.3 Å². The Bertz CT molecular complexity index is 375. The van der Waals surface area contributed by atoms with Crippen molar-refractivity contribution in [1.82, 2.24) is 4.98 Å². The van der Waals surface area contributed by atoms with Gasteiger partial charge in [-0.15, -0.1) is 0 Å². The Hall–Kier alpha value is -1.29. The molecule has 2 rings (SSSR count). The summed E-state index contributed by atoms with van der Waals surface area (Å²) in [5, 5.41) is 13.4. The van der Waals surface area contributed by atoms with Gasteiger partial charge in [-0.3, -0.25) is 0 Å². The Balaban J connectivity index is 2.05. The summed E-state index contributed by atoms with van der Waals surface area (Å²) >= 11 is 0. The van der Waals surface area contributed by atoms with Crippen molar-refractivity contribution >= 4 is 11.5 Å². The molecule has 4 heteroatoms. The quantitative estimate of drug-likeness (QED) is 0.836. The minimum absolute atomic E-state index is 0.502. The summed E-state index contributed by atoms with van der Waals surface area (Å²) in [5.41, 5.74) is 0.586. The lowest BCUT2D eigenvalue weighted by Gasteiger charge is -2.30. The molecule has 0 amide bonds. The van der Waals surface area contributed by atoms with E-state index in [4.69, 9.17) is 0 Å². The van der Waals surface area contributed by atoms with Crippen molar-refractivity contribution < 1.29 is 5.11 Å². The van der Waals surface area contributed by atoms with Crippen LogP contribution in [0.5, 0.6) is 0 Å². The normalized spacial score (nSPS) is 18.1. The zero-order valence-corrected chi connectivity index (χ0v) is 10.6. The second-order valence-electron chi connectivity index (χ2n) is 4.94. The summed E-state index contributed by atoms with van der Waals surface area (Å²) in [4.78, 5) is 6.29. The highest BCUT2D eigenvalue weighted by molar-refractivity contribution is 5.53. The molecule has 0 aliphatic heterocycles. The van der Waals surface area contributed by atoms with E-state index in [-0.39, 0.29) is 0 Å². The molecule has 1 heterocycles. The first kappa shape index (κ1) is 12.2. The molecule has 1 aromatic heterocycles. The van der Waals surface area contributed by atoms with Gasteiger partial charge in [0, 0.05) is 38.6 Å². The number of rotatable bonds is 4. The van der Waals surface area contributed by atoms with Crippen LogP contribution in [-0.2, 0) is 0 Å². The van der Waals surface area contributed by atoms with E-state index in [0.29, 0.717) is 6.54 Å². The van der Waals surface area contributed by atoms with Gasteiger partial charge in [-0.1, -0.05) is 12.8 Å². The number of likely N-dealkylation sites (N-methyl/N-ethyl adjacent to an activating group) is 1. The topological polar surface area (TPSA) is 48.4 Å². The Morgan fingerprint density at radius 1 is 1.47 bits per heavy atom. The molecule has 1 aromatic rings. The van der Waals surface area contributed by atoms with Gasteiger partial charge in [-0.2, -0.15) is 0 Å². The predicted molar refractivity (Wildman–Crippen MR) is 70.5 cm³/mol. The molecule has 0 bridgehead atoms. The zero-order valence-electron chi connectivity index (χ0n) is 10.6. The molecule has 0 unspecified atom stereocenters. The highest BCUT2D eigenvalue weighted by Gasteiger charge is 2.32. The Kier molecular flexibility index (Phi) is 3.52. The van der Waals surface area contributed by atoms with Gasteiger partial charge >= 0.3 is 0 Å². The van der Waals surface area contributed by atoms with E-state index in [0.717, 1.165) is 37.2 Å². The predicted octanol–water partition coefficient (Wildman–Crippen LogP) is 1.86. The molecule has 0 radical (unpaired) electrons. The molecule has 1 aliphatic rings. The highest BCUT2D eigenvalue weighted by atomic mass is 16.3. The maximum Gasteiger partial charge on any atom is 0.127 e. The first-order valence-corrected chi connectivity index (χ1v) is 6.20. The number of nitrogens with zero attached hydrogens (tertiary/aromatic N) is 2. The molecule has 0 atom stereocenters. The van der Waals surface area contributed by atoms with Crippen LogP contribution in [0.15, 0.2) is 18.3 Å². The molecule has 1 saturated carbocycles.